The summed E-state index contributed by atoms with van der Waals surface area (Å²) < 4.78 is 5.22. The molecule has 13 heavy (non-hydrogen) atoms. The van der Waals surface area contributed by atoms with Crippen molar-refractivity contribution < 1.29 is 9.53 Å². The molecular formula is C9H17N2O2. The smallest absolute Gasteiger partial charge is 0.410 e. The van der Waals surface area contributed by atoms with Gasteiger partial charge in [0.05, 0.1) is 0 Å². The largest absolute Gasteiger partial charge is 0.444 e. The van der Waals surface area contributed by atoms with Gasteiger partial charge in [0.1, 0.15) is 5.60 Å². The molecule has 0 unspecified atom stereocenters. The molecule has 1 amide bonds. The molecule has 4 heteroatoms. The Labute approximate surface area is 79.2 Å². The second kappa shape index (κ2) is 3.96. The molecule has 1 fully saturated rings. The SMILES string of the molecule is CC(C)(C)OC(=O)N1C[CH]NCC1. The third kappa shape index (κ3) is 3.63. The molecule has 75 valence electrons. The highest BCUT2D eigenvalue weighted by atomic mass is 16.6. The van der Waals surface area contributed by atoms with Crippen molar-refractivity contribution in [3.05, 3.63) is 6.54 Å². The maximum Gasteiger partial charge on any atom is 0.410 e. The number of ether oxygens (including phenoxy) is 1. The molecule has 1 saturated heterocycles. The van der Waals surface area contributed by atoms with Gasteiger partial charge in [0.2, 0.25) is 0 Å². The Balaban J connectivity index is 2.38. The molecule has 4 nitrogen and oxygen atoms in total. The molecule has 0 saturated carbocycles. The molecule has 0 spiro atoms. The van der Waals surface area contributed by atoms with Crippen LogP contribution in [-0.4, -0.2) is 36.2 Å². The highest BCUT2D eigenvalue weighted by molar-refractivity contribution is 5.68. The van der Waals surface area contributed by atoms with E-state index in [1.54, 1.807) is 4.90 Å². The van der Waals surface area contributed by atoms with Crippen LogP contribution < -0.4 is 5.32 Å². The van der Waals surface area contributed by atoms with Crippen molar-refractivity contribution in [2.75, 3.05) is 19.6 Å². The van der Waals surface area contributed by atoms with Gasteiger partial charge < -0.3 is 15.0 Å². The summed E-state index contributed by atoms with van der Waals surface area (Å²) in [5.41, 5.74) is -0.401. The van der Waals surface area contributed by atoms with E-state index in [0.717, 1.165) is 6.54 Å². The summed E-state index contributed by atoms with van der Waals surface area (Å²) in [6.45, 7) is 9.62. The molecule has 0 bridgehead atoms. The predicted octanol–water partition coefficient (Wildman–Crippen LogP) is 0.988. The summed E-state index contributed by atoms with van der Waals surface area (Å²) in [4.78, 5) is 13.2. The number of hydrogen-bond acceptors (Lipinski definition) is 3. The Hall–Kier alpha value is -0.770. The Morgan fingerprint density at radius 2 is 2.23 bits per heavy atom. The molecule has 1 heterocycles. The second-order valence-corrected chi connectivity index (χ2v) is 4.08. The first-order valence-corrected chi connectivity index (χ1v) is 4.52. The molecule has 1 N–H and O–H groups in total. The van der Waals surface area contributed by atoms with Crippen LogP contribution in [0.1, 0.15) is 20.8 Å². The zero-order valence-electron chi connectivity index (χ0n) is 8.46. The topological polar surface area (TPSA) is 41.6 Å². The quantitative estimate of drug-likeness (QED) is 0.612. The number of piperazine rings is 1. The summed E-state index contributed by atoms with van der Waals surface area (Å²) >= 11 is 0. The molecule has 1 aliphatic rings. The lowest BCUT2D eigenvalue weighted by atomic mass is 10.2. The standard InChI is InChI=1S/C9H17N2O2/c1-9(2,3)13-8(12)11-6-4-10-5-7-11/h4,10H,5-7H2,1-3H3. The van der Waals surface area contributed by atoms with Crippen LogP contribution in [-0.2, 0) is 4.74 Å². The lowest BCUT2D eigenvalue weighted by molar-refractivity contribution is 0.0246. The number of hydrogen-bond donors (Lipinski definition) is 1. The molecule has 1 radical (unpaired) electrons. The van der Waals surface area contributed by atoms with E-state index >= 15 is 0 Å². The molecule has 0 atom stereocenters. The maximum absolute atomic E-state index is 11.5. The van der Waals surface area contributed by atoms with Crippen molar-refractivity contribution in [1.29, 1.82) is 0 Å². The number of carbonyl (C=O) groups excluding carboxylic acids is 1. The fraction of sp³-hybridized carbons (Fsp3) is 0.778. The highest BCUT2D eigenvalue weighted by Crippen LogP contribution is 2.10. The van der Waals surface area contributed by atoms with Gasteiger partial charge in [-0.3, -0.25) is 0 Å². The first-order valence-electron chi connectivity index (χ1n) is 4.52. The molecule has 0 aromatic heterocycles. The maximum atomic E-state index is 11.5. The number of rotatable bonds is 0. The van der Waals surface area contributed by atoms with E-state index in [0.29, 0.717) is 13.1 Å². The van der Waals surface area contributed by atoms with Gasteiger partial charge in [-0.15, -0.1) is 0 Å². The van der Waals surface area contributed by atoms with Gasteiger partial charge in [-0.2, -0.15) is 0 Å². The Morgan fingerprint density at radius 3 is 2.69 bits per heavy atom. The number of amides is 1. The van der Waals surface area contributed by atoms with Gasteiger partial charge in [0.25, 0.3) is 0 Å². The van der Waals surface area contributed by atoms with Crippen LogP contribution in [0.15, 0.2) is 0 Å². The van der Waals surface area contributed by atoms with E-state index in [1.807, 2.05) is 27.3 Å². The lowest BCUT2D eigenvalue weighted by Gasteiger charge is -2.29. The number of nitrogens with zero attached hydrogens (tertiary/aromatic N) is 1. The van der Waals surface area contributed by atoms with Crippen molar-refractivity contribution >= 4 is 6.09 Å². The van der Waals surface area contributed by atoms with E-state index in [2.05, 4.69) is 5.32 Å². The minimum absolute atomic E-state index is 0.231. The fourth-order valence-corrected chi connectivity index (χ4v) is 1.06. The van der Waals surface area contributed by atoms with Crippen LogP contribution >= 0.6 is 0 Å². The average Bonchev–Trinajstić information content (AvgIpc) is 2.03. The fourth-order valence-electron chi connectivity index (χ4n) is 1.06. The summed E-state index contributed by atoms with van der Waals surface area (Å²) in [5, 5.41) is 3.06. The monoisotopic (exact) mass is 185 g/mol. The summed E-state index contributed by atoms with van der Waals surface area (Å²) in [5.74, 6) is 0. The molecule has 1 aliphatic heterocycles. The van der Waals surface area contributed by atoms with Crippen LogP contribution in [0.25, 0.3) is 0 Å². The zero-order chi connectivity index (χ0) is 9.90. The minimum atomic E-state index is -0.401. The summed E-state index contributed by atoms with van der Waals surface area (Å²) in [6.07, 6.45) is -0.231. The van der Waals surface area contributed by atoms with Gasteiger partial charge >= 0.3 is 6.09 Å². The molecule has 1 rings (SSSR count). The van der Waals surface area contributed by atoms with E-state index < -0.39 is 5.60 Å². The van der Waals surface area contributed by atoms with Crippen LogP contribution in [0.5, 0.6) is 0 Å². The van der Waals surface area contributed by atoms with E-state index in [9.17, 15) is 4.79 Å². The molecule has 0 aliphatic carbocycles. The Morgan fingerprint density at radius 1 is 1.54 bits per heavy atom. The Bertz CT molecular complexity index is 181. The van der Waals surface area contributed by atoms with Crippen LogP contribution in [0.3, 0.4) is 0 Å². The van der Waals surface area contributed by atoms with Crippen molar-refractivity contribution in [2.24, 2.45) is 0 Å². The van der Waals surface area contributed by atoms with Crippen LogP contribution in [0, 0.1) is 6.54 Å². The van der Waals surface area contributed by atoms with Crippen molar-refractivity contribution in [3.63, 3.8) is 0 Å². The van der Waals surface area contributed by atoms with Crippen molar-refractivity contribution in [1.82, 2.24) is 10.2 Å². The van der Waals surface area contributed by atoms with Gasteiger partial charge in [-0.05, 0) is 20.8 Å². The molecule has 0 aromatic rings. The van der Waals surface area contributed by atoms with Crippen LogP contribution in [0.4, 0.5) is 4.79 Å². The first kappa shape index (κ1) is 10.3. The van der Waals surface area contributed by atoms with E-state index in [-0.39, 0.29) is 6.09 Å². The minimum Gasteiger partial charge on any atom is -0.444 e. The first-order chi connectivity index (χ1) is 5.99. The normalized spacial score (nSPS) is 18.5. The highest BCUT2D eigenvalue weighted by Gasteiger charge is 2.22. The van der Waals surface area contributed by atoms with Gasteiger partial charge in [0, 0.05) is 26.2 Å². The lowest BCUT2D eigenvalue weighted by Crippen LogP contribution is -2.45. The van der Waals surface area contributed by atoms with Gasteiger partial charge in [-0.1, -0.05) is 0 Å². The third-order valence-electron chi connectivity index (χ3n) is 1.63. The summed E-state index contributed by atoms with van der Waals surface area (Å²) in [7, 11) is 0. The Kier molecular flexibility index (Phi) is 3.14. The third-order valence-corrected chi connectivity index (χ3v) is 1.63. The van der Waals surface area contributed by atoms with Gasteiger partial charge in [0.15, 0.2) is 0 Å². The summed E-state index contributed by atoms with van der Waals surface area (Å²) in [6, 6.07) is 0. The van der Waals surface area contributed by atoms with Crippen molar-refractivity contribution in [3.8, 4) is 0 Å². The second-order valence-electron chi connectivity index (χ2n) is 4.08. The molecule has 0 aromatic carbocycles. The van der Waals surface area contributed by atoms with Gasteiger partial charge in [-0.25, -0.2) is 4.79 Å². The molecular weight excluding hydrogens is 168 g/mol. The number of nitrogens with one attached hydrogen (secondary N) is 1. The van der Waals surface area contributed by atoms with Crippen molar-refractivity contribution in [2.45, 2.75) is 26.4 Å². The van der Waals surface area contributed by atoms with E-state index in [4.69, 9.17) is 4.74 Å². The van der Waals surface area contributed by atoms with E-state index in [1.165, 1.54) is 0 Å². The number of carbonyl (C=O) groups is 1. The van der Waals surface area contributed by atoms with Crippen LogP contribution in [0.2, 0.25) is 0 Å². The zero-order valence-corrected chi connectivity index (χ0v) is 8.46. The average molecular weight is 185 g/mol. The predicted molar refractivity (Wildman–Crippen MR) is 50.1 cm³/mol.